The zero-order valence-corrected chi connectivity index (χ0v) is 6.30. The predicted octanol–water partition coefficient (Wildman–Crippen LogP) is -2.56. The third-order valence-electron chi connectivity index (χ3n) is 1.70. The molecule has 0 radical (unpaired) electrons. The topological polar surface area (TPSA) is 101 Å². The van der Waals surface area contributed by atoms with E-state index < -0.39 is 31.0 Å². The highest BCUT2D eigenvalue weighted by molar-refractivity contribution is 4.88. The van der Waals surface area contributed by atoms with E-state index in [1.54, 1.807) is 0 Å². The van der Waals surface area contributed by atoms with Gasteiger partial charge in [-0.1, -0.05) is 0 Å². The van der Waals surface area contributed by atoms with Crippen molar-refractivity contribution in [3.8, 4) is 0 Å². The first-order chi connectivity index (χ1) is 4.96. The van der Waals surface area contributed by atoms with Crippen molar-refractivity contribution in [2.24, 2.45) is 0 Å². The van der Waals surface area contributed by atoms with Crippen LogP contribution >= 0.6 is 0 Å². The Hall–Kier alpha value is -0.200. The Bertz CT molecular complexity index is 102. The zero-order valence-electron chi connectivity index (χ0n) is 6.30. The molecule has 1 unspecified atom stereocenters. The monoisotopic (exact) mass is 166 g/mol. The standard InChI is InChI=1S/C6H14O5/c1-6(11,4(9)2-7)5(10)3-8/h4-5,7-11H,2-3H2,1H3/t4-,5+,6?. The van der Waals surface area contributed by atoms with E-state index in [0.717, 1.165) is 6.92 Å². The average Bonchev–Trinajstić information content (AvgIpc) is 2.01. The maximum Gasteiger partial charge on any atom is 0.118 e. The molecule has 3 atom stereocenters. The fourth-order valence-electron chi connectivity index (χ4n) is 0.592. The largest absolute Gasteiger partial charge is 0.394 e. The molecule has 0 aliphatic rings. The Kier molecular flexibility index (Phi) is 3.91. The highest BCUT2D eigenvalue weighted by atomic mass is 16.4. The van der Waals surface area contributed by atoms with Gasteiger partial charge in [-0.25, -0.2) is 0 Å². The summed E-state index contributed by atoms with van der Waals surface area (Å²) in [5, 5.41) is 43.9. The van der Waals surface area contributed by atoms with E-state index in [4.69, 9.17) is 20.4 Å². The number of rotatable bonds is 4. The van der Waals surface area contributed by atoms with Crippen molar-refractivity contribution >= 4 is 0 Å². The molecule has 0 fully saturated rings. The molecular formula is C6H14O5. The molecule has 0 rings (SSSR count). The summed E-state index contributed by atoms with van der Waals surface area (Å²) in [4.78, 5) is 0. The third-order valence-corrected chi connectivity index (χ3v) is 1.70. The second-order valence-electron chi connectivity index (χ2n) is 2.62. The Labute approximate surface area is 64.5 Å². The van der Waals surface area contributed by atoms with Crippen molar-refractivity contribution in [2.45, 2.75) is 24.7 Å². The Balaban J connectivity index is 4.18. The van der Waals surface area contributed by atoms with Gasteiger partial charge in [-0.2, -0.15) is 0 Å². The van der Waals surface area contributed by atoms with Gasteiger partial charge in [-0.15, -0.1) is 0 Å². The molecule has 0 aliphatic heterocycles. The normalized spacial score (nSPS) is 22.4. The van der Waals surface area contributed by atoms with E-state index in [2.05, 4.69) is 0 Å². The van der Waals surface area contributed by atoms with Gasteiger partial charge in [0.2, 0.25) is 0 Å². The molecule has 5 nitrogen and oxygen atoms in total. The Morgan fingerprint density at radius 1 is 1.09 bits per heavy atom. The summed E-state index contributed by atoms with van der Waals surface area (Å²) in [6.07, 6.45) is -2.91. The van der Waals surface area contributed by atoms with Gasteiger partial charge in [-0.05, 0) is 6.92 Å². The maximum absolute atomic E-state index is 9.23. The summed E-state index contributed by atoms with van der Waals surface area (Å²) in [5.74, 6) is 0. The fourth-order valence-corrected chi connectivity index (χ4v) is 0.592. The van der Waals surface area contributed by atoms with Gasteiger partial charge in [0, 0.05) is 0 Å². The number of aliphatic hydroxyl groups excluding tert-OH is 4. The minimum atomic E-state index is -1.87. The zero-order chi connectivity index (χ0) is 9.07. The van der Waals surface area contributed by atoms with Gasteiger partial charge in [-0.3, -0.25) is 0 Å². The van der Waals surface area contributed by atoms with Crippen LogP contribution in [0.1, 0.15) is 6.92 Å². The van der Waals surface area contributed by atoms with Crippen LogP contribution in [0, 0.1) is 0 Å². The van der Waals surface area contributed by atoms with Crippen LogP contribution in [-0.2, 0) is 0 Å². The summed E-state index contributed by atoms with van der Waals surface area (Å²) in [6.45, 7) is -0.192. The van der Waals surface area contributed by atoms with E-state index in [9.17, 15) is 5.11 Å². The van der Waals surface area contributed by atoms with Gasteiger partial charge < -0.3 is 25.5 Å². The second kappa shape index (κ2) is 3.99. The van der Waals surface area contributed by atoms with Crippen LogP contribution in [-0.4, -0.2) is 56.6 Å². The van der Waals surface area contributed by atoms with E-state index in [1.807, 2.05) is 0 Å². The molecular weight excluding hydrogens is 152 g/mol. The molecule has 0 saturated carbocycles. The van der Waals surface area contributed by atoms with Gasteiger partial charge in [0.05, 0.1) is 13.2 Å². The maximum atomic E-state index is 9.23. The van der Waals surface area contributed by atoms with Gasteiger partial charge in [0.25, 0.3) is 0 Å². The Morgan fingerprint density at radius 3 is 1.55 bits per heavy atom. The molecule has 5 heteroatoms. The summed E-state index contributed by atoms with van der Waals surface area (Å²) in [5.41, 5.74) is -1.87. The van der Waals surface area contributed by atoms with Crippen LogP contribution in [0.25, 0.3) is 0 Å². The molecule has 0 saturated heterocycles. The summed E-state index contributed by atoms with van der Waals surface area (Å²) in [7, 11) is 0. The van der Waals surface area contributed by atoms with Crippen LogP contribution in [0.5, 0.6) is 0 Å². The highest BCUT2D eigenvalue weighted by Gasteiger charge is 2.37. The first-order valence-corrected chi connectivity index (χ1v) is 3.27. The molecule has 0 amide bonds. The van der Waals surface area contributed by atoms with Crippen molar-refractivity contribution in [3.05, 3.63) is 0 Å². The summed E-state index contributed by atoms with van der Waals surface area (Å²) in [6, 6.07) is 0. The minimum absolute atomic E-state index is 0.663. The van der Waals surface area contributed by atoms with Gasteiger partial charge in [0.15, 0.2) is 0 Å². The number of hydrogen-bond donors (Lipinski definition) is 5. The lowest BCUT2D eigenvalue weighted by Gasteiger charge is -2.31. The minimum Gasteiger partial charge on any atom is -0.394 e. The van der Waals surface area contributed by atoms with Crippen molar-refractivity contribution in [1.29, 1.82) is 0 Å². The van der Waals surface area contributed by atoms with Crippen molar-refractivity contribution < 1.29 is 25.5 Å². The van der Waals surface area contributed by atoms with Crippen LogP contribution in [0.4, 0.5) is 0 Å². The molecule has 0 bridgehead atoms. The smallest absolute Gasteiger partial charge is 0.118 e. The lowest BCUT2D eigenvalue weighted by molar-refractivity contribution is -0.156. The quantitative estimate of drug-likeness (QED) is 0.316. The molecule has 68 valence electrons. The van der Waals surface area contributed by atoms with E-state index in [1.165, 1.54) is 0 Å². The second-order valence-corrected chi connectivity index (χ2v) is 2.62. The molecule has 0 aromatic rings. The SMILES string of the molecule is CC(O)([C@H](O)CO)[C@@H](O)CO. The van der Waals surface area contributed by atoms with Crippen molar-refractivity contribution in [2.75, 3.05) is 13.2 Å². The number of aliphatic hydroxyl groups is 5. The lowest BCUT2D eigenvalue weighted by atomic mass is 9.93. The Morgan fingerprint density at radius 2 is 1.36 bits per heavy atom. The first-order valence-electron chi connectivity index (χ1n) is 3.27. The average molecular weight is 166 g/mol. The van der Waals surface area contributed by atoms with Gasteiger partial charge >= 0.3 is 0 Å². The molecule has 11 heavy (non-hydrogen) atoms. The molecule has 0 heterocycles. The predicted molar refractivity (Wildman–Crippen MR) is 36.8 cm³/mol. The van der Waals surface area contributed by atoms with Crippen molar-refractivity contribution in [3.63, 3.8) is 0 Å². The summed E-state index contributed by atoms with van der Waals surface area (Å²) < 4.78 is 0. The van der Waals surface area contributed by atoms with Crippen molar-refractivity contribution in [1.82, 2.24) is 0 Å². The highest BCUT2D eigenvalue weighted by Crippen LogP contribution is 2.14. The van der Waals surface area contributed by atoms with Crippen LogP contribution in [0.3, 0.4) is 0 Å². The van der Waals surface area contributed by atoms with Crippen LogP contribution < -0.4 is 0 Å². The van der Waals surface area contributed by atoms with E-state index in [-0.39, 0.29) is 0 Å². The first kappa shape index (κ1) is 10.8. The fraction of sp³-hybridized carbons (Fsp3) is 1.00. The molecule has 0 aromatic heterocycles. The molecule has 0 spiro atoms. The molecule has 5 N–H and O–H groups in total. The van der Waals surface area contributed by atoms with E-state index in [0.29, 0.717) is 0 Å². The van der Waals surface area contributed by atoms with Crippen LogP contribution in [0.15, 0.2) is 0 Å². The van der Waals surface area contributed by atoms with Crippen LogP contribution in [0.2, 0.25) is 0 Å². The summed E-state index contributed by atoms with van der Waals surface area (Å²) >= 11 is 0. The molecule has 0 aromatic carbocycles. The molecule has 0 aliphatic carbocycles. The lowest BCUT2D eigenvalue weighted by Crippen LogP contribution is -2.52. The number of hydrogen-bond acceptors (Lipinski definition) is 5. The third kappa shape index (κ3) is 2.39. The van der Waals surface area contributed by atoms with E-state index >= 15 is 0 Å². The van der Waals surface area contributed by atoms with Gasteiger partial charge in [0.1, 0.15) is 17.8 Å².